The Morgan fingerprint density at radius 2 is 2.05 bits per heavy atom. The zero-order valence-corrected chi connectivity index (χ0v) is 11.8. The third-order valence-corrected chi connectivity index (χ3v) is 3.99. The van der Waals surface area contributed by atoms with Crippen LogP contribution in [0.4, 0.5) is 0 Å². The molecule has 1 aliphatic carbocycles. The van der Waals surface area contributed by atoms with Crippen molar-refractivity contribution >= 4 is 12.6 Å². The zero-order chi connectivity index (χ0) is 13.2. The number of aromatic nitrogens is 5. The third-order valence-electron chi connectivity index (χ3n) is 3.71. The number of rotatable bonds is 2. The molecular weight excluding hydrogens is 258 g/mol. The Bertz CT molecular complexity index is 560. The molecule has 0 amide bonds. The molecule has 0 spiro atoms. The van der Waals surface area contributed by atoms with Crippen LogP contribution in [0.3, 0.4) is 0 Å². The molecule has 3 rings (SSSR count). The normalized spacial score (nSPS) is 16.7. The molecule has 100 valence electrons. The van der Waals surface area contributed by atoms with Crippen LogP contribution >= 0.6 is 0 Å². The van der Waals surface area contributed by atoms with Crippen molar-refractivity contribution < 1.29 is 4.57 Å². The van der Waals surface area contributed by atoms with Gasteiger partial charge in [-0.3, -0.25) is 4.98 Å². The first-order chi connectivity index (χ1) is 9.27. The fraction of sp³-hybridized carbons (Fsp3) is 0.538. The van der Waals surface area contributed by atoms with Gasteiger partial charge >= 0.3 is 0 Å². The lowest BCUT2D eigenvalue weighted by Crippen LogP contribution is -2.43. The van der Waals surface area contributed by atoms with E-state index in [1.165, 1.54) is 32.1 Å². The molecule has 5 nitrogen and oxygen atoms in total. The molecule has 0 unspecified atom stereocenters. The highest BCUT2D eigenvalue weighted by Gasteiger charge is 2.27. The van der Waals surface area contributed by atoms with E-state index in [1.54, 1.807) is 18.6 Å². The van der Waals surface area contributed by atoms with Gasteiger partial charge in [0.2, 0.25) is 0 Å². The highest BCUT2D eigenvalue weighted by Crippen LogP contribution is 2.26. The molecule has 19 heavy (non-hydrogen) atoms. The lowest BCUT2D eigenvalue weighted by atomic mass is 9.95. The molecule has 0 N–H and O–H groups in total. The Balaban J connectivity index is 2.08. The van der Waals surface area contributed by atoms with Gasteiger partial charge in [0.05, 0.1) is 19.3 Å². The van der Waals surface area contributed by atoms with E-state index in [1.807, 2.05) is 11.7 Å². The summed E-state index contributed by atoms with van der Waals surface area (Å²) < 4.78 is 3.99. The first-order valence-electron chi connectivity index (χ1n) is 6.69. The highest BCUT2D eigenvalue weighted by molar-refractivity contribution is 7.58. The molecule has 2 aromatic heterocycles. The van der Waals surface area contributed by atoms with E-state index in [4.69, 9.17) is 12.6 Å². The van der Waals surface area contributed by atoms with Gasteiger partial charge in [-0.25, -0.2) is 9.55 Å². The van der Waals surface area contributed by atoms with E-state index in [-0.39, 0.29) is 0 Å². The van der Waals surface area contributed by atoms with Crippen LogP contribution in [0, 0.1) is 0 Å². The van der Waals surface area contributed by atoms with Crippen LogP contribution in [0.2, 0.25) is 0 Å². The summed E-state index contributed by atoms with van der Waals surface area (Å²) in [5.74, 6) is 0.963. The van der Waals surface area contributed by atoms with Crippen LogP contribution in [0.1, 0.15) is 38.1 Å². The van der Waals surface area contributed by atoms with Crippen molar-refractivity contribution in [1.29, 1.82) is 0 Å². The van der Waals surface area contributed by atoms with Crippen LogP contribution in [-0.2, 0) is 19.7 Å². The van der Waals surface area contributed by atoms with Gasteiger partial charge in [0, 0.05) is 17.5 Å². The second kappa shape index (κ2) is 5.21. The predicted molar refractivity (Wildman–Crippen MR) is 72.2 cm³/mol. The van der Waals surface area contributed by atoms with Gasteiger partial charge in [-0.05, 0) is 25.7 Å². The molecule has 0 aliphatic heterocycles. The van der Waals surface area contributed by atoms with Gasteiger partial charge in [-0.15, -0.1) is 4.68 Å². The molecule has 1 fully saturated rings. The zero-order valence-electron chi connectivity index (χ0n) is 11.0. The van der Waals surface area contributed by atoms with E-state index in [0.29, 0.717) is 11.2 Å². The van der Waals surface area contributed by atoms with Gasteiger partial charge in [-0.2, -0.15) is 0 Å². The number of hydrogen-bond donors (Lipinski definition) is 0. The summed E-state index contributed by atoms with van der Waals surface area (Å²) in [4.78, 5) is 8.53. The van der Waals surface area contributed by atoms with E-state index >= 15 is 0 Å². The summed E-state index contributed by atoms with van der Waals surface area (Å²) in [5, 5.41) is 5.04. The summed E-state index contributed by atoms with van der Waals surface area (Å²) >= 11 is 5.42. The standard InChI is InChI=1S/C13H17N5S/c1-17-12(11-9-14-7-8-15-11)18(13(19)16-17)10-5-3-2-4-6-10/h7-10H,2-6H2,1H3. The molecule has 0 atom stereocenters. The SMILES string of the molecule is Cn1nc([S-])[n+](C2CCCCC2)c1-c1cnccn1. The Kier molecular flexibility index (Phi) is 3.42. The fourth-order valence-electron chi connectivity index (χ4n) is 2.84. The monoisotopic (exact) mass is 275 g/mol. The molecule has 0 saturated heterocycles. The quantitative estimate of drug-likeness (QED) is 0.616. The van der Waals surface area contributed by atoms with Gasteiger partial charge in [0.15, 0.2) is 10.9 Å². The van der Waals surface area contributed by atoms with Gasteiger partial charge in [-0.1, -0.05) is 6.42 Å². The van der Waals surface area contributed by atoms with E-state index in [0.717, 1.165) is 11.5 Å². The molecule has 0 bridgehead atoms. The second-order valence-electron chi connectivity index (χ2n) is 4.98. The van der Waals surface area contributed by atoms with Crippen molar-refractivity contribution in [3.63, 3.8) is 0 Å². The summed E-state index contributed by atoms with van der Waals surface area (Å²) in [6.07, 6.45) is 11.4. The predicted octanol–water partition coefficient (Wildman–Crippen LogP) is 1.58. The fourth-order valence-corrected chi connectivity index (χ4v) is 3.20. The Morgan fingerprint density at radius 3 is 2.74 bits per heavy atom. The average Bonchev–Trinajstić information content (AvgIpc) is 2.75. The number of hydrogen-bond acceptors (Lipinski definition) is 4. The van der Waals surface area contributed by atoms with Gasteiger partial charge in [0.25, 0.3) is 5.82 Å². The van der Waals surface area contributed by atoms with E-state index < -0.39 is 0 Å². The lowest BCUT2D eigenvalue weighted by Gasteiger charge is -2.22. The summed E-state index contributed by atoms with van der Waals surface area (Å²) in [6.45, 7) is 0. The molecule has 0 aromatic carbocycles. The van der Waals surface area contributed by atoms with Crippen molar-refractivity contribution in [2.75, 3.05) is 0 Å². The number of nitrogens with zero attached hydrogens (tertiary/aromatic N) is 5. The molecule has 2 heterocycles. The molecule has 1 saturated carbocycles. The van der Waals surface area contributed by atoms with Gasteiger partial charge < -0.3 is 12.6 Å². The average molecular weight is 275 g/mol. The van der Waals surface area contributed by atoms with E-state index in [2.05, 4.69) is 19.6 Å². The first-order valence-corrected chi connectivity index (χ1v) is 7.10. The Hall–Kier alpha value is -1.56. The van der Waals surface area contributed by atoms with Gasteiger partial charge in [0.1, 0.15) is 0 Å². The minimum Gasteiger partial charge on any atom is -0.703 e. The maximum atomic E-state index is 5.42. The topological polar surface area (TPSA) is 47.5 Å². The van der Waals surface area contributed by atoms with Crippen molar-refractivity contribution in [1.82, 2.24) is 19.7 Å². The molecule has 0 radical (unpaired) electrons. The number of aryl methyl sites for hydroxylation is 1. The summed E-state index contributed by atoms with van der Waals surface area (Å²) in [6, 6.07) is 0.451. The molecule has 2 aromatic rings. The van der Waals surface area contributed by atoms with E-state index in [9.17, 15) is 0 Å². The molecule has 1 aliphatic rings. The molecular formula is C13H17N5S. The van der Waals surface area contributed by atoms with Crippen molar-refractivity contribution in [2.24, 2.45) is 7.05 Å². The largest absolute Gasteiger partial charge is 0.703 e. The van der Waals surface area contributed by atoms with Crippen molar-refractivity contribution in [3.05, 3.63) is 18.6 Å². The van der Waals surface area contributed by atoms with Crippen LogP contribution in [0.25, 0.3) is 11.5 Å². The van der Waals surface area contributed by atoms with Crippen molar-refractivity contribution in [3.8, 4) is 11.5 Å². The molecule has 6 heteroatoms. The van der Waals surface area contributed by atoms with Crippen molar-refractivity contribution in [2.45, 2.75) is 43.3 Å². The second-order valence-corrected chi connectivity index (χ2v) is 5.35. The third kappa shape index (κ3) is 2.32. The Labute approximate surface area is 118 Å². The maximum Gasteiger partial charge on any atom is 0.286 e. The van der Waals surface area contributed by atoms with Crippen LogP contribution in [-0.4, -0.2) is 19.7 Å². The van der Waals surface area contributed by atoms with Crippen LogP contribution in [0.15, 0.2) is 23.7 Å². The van der Waals surface area contributed by atoms with Crippen LogP contribution < -0.4 is 4.57 Å². The Morgan fingerprint density at radius 1 is 1.26 bits per heavy atom. The smallest absolute Gasteiger partial charge is 0.286 e. The minimum atomic E-state index is 0.451. The maximum absolute atomic E-state index is 5.42. The summed E-state index contributed by atoms with van der Waals surface area (Å²) in [5.41, 5.74) is 0.833. The highest BCUT2D eigenvalue weighted by atomic mass is 32.1. The lowest BCUT2D eigenvalue weighted by molar-refractivity contribution is -0.750. The minimum absolute atomic E-state index is 0.451. The first kappa shape index (κ1) is 12.5. The van der Waals surface area contributed by atoms with Crippen LogP contribution in [0.5, 0.6) is 0 Å². The summed E-state index contributed by atoms with van der Waals surface area (Å²) in [7, 11) is 1.92.